The topological polar surface area (TPSA) is 83.8 Å². The summed E-state index contributed by atoms with van der Waals surface area (Å²) in [5.41, 5.74) is 9.54. The van der Waals surface area contributed by atoms with Gasteiger partial charge in [-0.2, -0.15) is 0 Å². The van der Waals surface area contributed by atoms with Crippen molar-refractivity contribution >= 4 is 28.1 Å². The van der Waals surface area contributed by atoms with E-state index in [1.54, 1.807) is 5.38 Å². The Morgan fingerprint density at radius 1 is 1.45 bits per heavy atom. The third-order valence-corrected chi connectivity index (χ3v) is 4.51. The number of amides is 1. The zero-order valence-electron chi connectivity index (χ0n) is 12.3. The van der Waals surface area contributed by atoms with Crippen molar-refractivity contribution in [3.63, 3.8) is 0 Å². The largest absolute Gasteiger partial charge is 0.361 e. The smallest absolute Gasteiger partial charge is 0.270 e. The number of aromatic amines is 1. The van der Waals surface area contributed by atoms with Gasteiger partial charge in [0, 0.05) is 35.6 Å². The Hall–Kier alpha value is -2.18. The van der Waals surface area contributed by atoms with Crippen LogP contribution in [-0.4, -0.2) is 22.4 Å². The standard InChI is InChI=1S/C16H18N4OS/c1-10-3-2-4-12-15(10)11(8-19-12)5-6-18-16(21)13-9-22-14(7-17)20-13/h2-4,8-9,19H,5-7,17H2,1H3,(H,18,21). The van der Waals surface area contributed by atoms with Crippen LogP contribution in [0.2, 0.25) is 0 Å². The summed E-state index contributed by atoms with van der Waals surface area (Å²) in [5, 5.41) is 6.67. The van der Waals surface area contributed by atoms with Gasteiger partial charge in [-0.25, -0.2) is 4.98 Å². The fraction of sp³-hybridized carbons (Fsp3) is 0.250. The zero-order chi connectivity index (χ0) is 15.5. The van der Waals surface area contributed by atoms with E-state index in [1.807, 2.05) is 12.3 Å². The van der Waals surface area contributed by atoms with Crippen molar-refractivity contribution in [1.29, 1.82) is 0 Å². The van der Waals surface area contributed by atoms with Crippen LogP contribution in [0.1, 0.15) is 26.6 Å². The second-order valence-electron chi connectivity index (χ2n) is 5.15. The maximum atomic E-state index is 12.0. The molecule has 22 heavy (non-hydrogen) atoms. The summed E-state index contributed by atoms with van der Waals surface area (Å²) >= 11 is 1.41. The molecule has 0 radical (unpaired) electrons. The molecule has 0 saturated carbocycles. The van der Waals surface area contributed by atoms with E-state index >= 15 is 0 Å². The first-order valence-corrected chi connectivity index (χ1v) is 8.05. The van der Waals surface area contributed by atoms with Gasteiger partial charge < -0.3 is 16.0 Å². The molecule has 2 aromatic heterocycles. The van der Waals surface area contributed by atoms with Crippen LogP contribution < -0.4 is 11.1 Å². The highest BCUT2D eigenvalue weighted by Crippen LogP contribution is 2.22. The van der Waals surface area contributed by atoms with Gasteiger partial charge in [0.05, 0.1) is 0 Å². The lowest BCUT2D eigenvalue weighted by Crippen LogP contribution is -2.26. The van der Waals surface area contributed by atoms with E-state index in [4.69, 9.17) is 5.73 Å². The quantitative estimate of drug-likeness (QED) is 0.676. The van der Waals surface area contributed by atoms with E-state index in [0.717, 1.165) is 16.9 Å². The number of nitrogens with one attached hydrogen (secondary N) is 2. The Morgan fingerprint density at radius 2 is 2.32 bits per heavy atom. The number of benzene rings is 1. The van der Waals surface area contributed by atoms with Crippen LogP contribution in [0, 0.1) is 6.92 Å². The first kappa shape index (κ1) is 14.7. The number of aromatic nitrogens is 2. The number of fused-ring (bicyclic) bond motifs is 1. The van der Waals surface area contributed by atoms with Crippen LogP contribution >= 0.6 is 11.3 Å². The molecular formula is C16H18N4OS. The van der Waals surface area contributed by atoms with E-state index in [0.29, 0.717) is 18.8 Å². The summed E-state index contributed by atoms with van der Waals surface area (Å²) in [5.74, 6) is -0.146. The summed E-state index contributed by atoms with van der Waals surface area (Å²) < 4.78 is 0. The molecule has 0 atom stereocenters. The Labute approximate surface area is 132 Å². The summed E-state index contributed by atoms with van der Waals surface area (Å²) in [6.07, 6.45) is 2.80. The molecule has 114 valence electrons. The molecule has 0 aliphatic carbocycles. The molecule has 1 aromatic carbocycles. The first-order valence-electron chi connectivity index (χ1n) is 7.17. The minimum Gasteiger partial charge on any atom is -0.361 e. The van der Waals surface area contributed by atoms with Gasteiger partial charge >= 0.3 is 0 Å². The minimum atomic E-state index is -0.146. The van der Waals surface area contributed by atoms with Crippen LogP contribution in [-0.2, 0) is 13.0 Å². The van der Waals surface area contributed by atoms with Crippen LogP contribution in [0.4, 0.5) is 0 Å². The highest BCUT2D eigenvalue weighted by Gasteiger charge is 2.10. The number of carbonyl (C=O) groups is 1. The highest BCUT2D eigenvalue weighted by molar-refractivity contribution is 7.09. The normalized spacial score (nSPS) is 11.0. The molecule has 0 saturated heterocycles. The second kappa shape index (κ2) is 6.29. The van der Waals surface area contributed by atoms with Crippen LogP contribution in [0.25, 0.3) is 10.9 Å². The predicted molar refractivity (Wildman–Crippen MR) is 89.1 cm³/mol. The van der Waals surface area contributed by atoms with Crippen molar-refractivity contribution in [1.82, 2.24) is 15.3 Å². The molecule has 3 aromatic rings. The molecule has 0 aliphatic heterocycles. The van der Waals surface area contributed by atoms with Crippen molar-refractivity contribution in [3.8, 4) is 0 Å². The van der Waals surface area contributed by atoms with Crippen LogP contribution in [0.5, 0.6) is 0 Å². The average Bonchev–Trinajstić information content (AvgIpc) is 3.14. The number of hydrogen-bond acceptors (Lipinski definition) is 4. The number of rotatable bonds is 5. The molecule has 2 heterocycles. The molecule has 0 bridgehead atoms. The van der Waals surface area contributed by atoms with Gasteiger partial charge in [0.15, 0.2) is 0 Å². The van der Waals surface area contributed by atoms with Crippen molar-refractivity contribution in [2.75, 3.05) is 6.54 Å². The minimum absolute atomic E-state index is 0.146. The number of nitrogens with zero attached hydrogens (tertiary/aromatic N) is 1. The van der Waals surface area contributed by atoms with Gasteiger partial charge in [0.1, 0.15) is 10.7 Å². The third-order valence-electron chi connectivity index (χ3n) is 3.63. The lowest BCUT2D eigenvalue weighted by Gasteiger charge is -2.04. The molecular weight excluding hydrogens is 296 g/mol. The van der Waals surface area contributed by atoms with Crippen molar-refractivity contribution in [3.05, 3.63) is 51.6 Å². The van der Waals surface area contributed by atoms with Crippen molar-refractivity contribution in [2.24, 2.45) is 5.73 Å². The van der Waals surface area contributed by atoms with Crippen molar-refractivity contribution in [2.45, 2.75) is 19.9 Å². The Bertz CT molecular complexity index is 805. The lowest BCUT2D eigenvalue weighted by atomic mass is 10.1. The van der Waals surface area contributed by atoms with Crippen molar-refractivity contribution < 1.29 is 4.79 Å². The van der Waals surface area contributed by atoms with Crippen LogP contribution in [0.15, 0.2) is 29.8 Å². The highest BCUT2D eigenvalue weighted by atomic mass is 32.1. The molecule has 0 fully saturated rings. The fourth-order valence-corrected chi connectivity index (χ4v) is 3.21. The van der Waals surface area contributed by atoms with E-state index in [9.17, 15) is 4.79 Å². The summed E-state index contributed by atoms with van der Waals surface area (Å²) in [7, 11) is 0. The monoisotopic (exact) mass is 314 g/mol. The first-order chi connectivity index (χ1) is 10.7. The summed E-state index contributed by atoms with van der Waals surface area (Å²) in [6.45, 7) is 3.05. The molecule has 1 amide bonds. The molecule has 5 nitrogen and oxygen atoms in total. The van der Waals surface area contributed by atoms with Gasteiger partial charge in [-0.15, -0.1) is 11.3 Å². The average molecular weight is 314 g/mol. The van der Waals surface area contributed by atoms with E-state index in [-0.39, 0.29) is 5.91 Å². The van der Waals surface area contributed by atoms with Gasteiger partial charge in [0.25, 0.3) is 5.91 Å². The van der Waals surface area contributed by atoms with Gasteiger partial charge in [-0.05, 0) is 30.5 Å². The van der Waals surface area contributed by atoms with Gasteiger partial charge in [-0.3, -0.25) is 4.79 Å². The van der Waals surface area contributed by atoms with E-state index < -0.39 is 0 Å². The maximum absolute atomic E-state index is 12.0. The number of thiazole rings is 1. The van der Waals surface area contributed by atoms with E-state index in [1.165, 1.54) is 27.8 Å². The number of nitrogens with two attached hydrogens (primary N) is 1. The molecule has 3 rings (SSSR count). The fourth-order valence-electron chi connectivity index (χ4n) is 2.56. The SMILES string of the molecule is Cc1cccc2[nH]cc(CCNC(=O)c3csc(CN)n3)c12. The molecule has 0 spiro atoms. The number of H-pyrrole nitrogens is 1. The molecule has 0 aliphatic rings. The molecule has 4 N–H and O–H groups in total. The maximum Gasteiger partial charge on any atom is 0.270 e. The second-order valence-corrected chi connectivity index (χ2v) is 6.09. The summed E-state index contributed by atoms with van der Waals surface area (Å²) in [4.78, 5) is 19.5. The number of hydrogen-bond donors (Lipinski definition) is 3. The predicted octanol–water partition coefficient (Wildman–Crippen LogP) is 2.36. The Kier molecular flexibility index (Phi) is 4.22. The Morgan fingerprint density at radius 3 is 3.09 bits per heavy atom. The van der Waals surface area contributed by atoms with Gasteiger partial charge in [0.2, 0.25) is 0 Å². The summed E-state index contributed by atoms with van der Waals surface area (Å²) in [6, 6.07) is 6.20. The zero-order valence-corrected chi connectivity index (χ0v) is 13.2. The van der Waals surface area contributed by atoms with E-state index in [2.05, 4.69) is 34.3 Å². The molecule has 6 heteroatoms. The van der Waals surface area contributed by atoms with Crippen LogP contribution in [0.3, 0.4) is 0 Å². The van der Waals surface area contributed by atoms with Gasteiger partial charge in [-0.1, -0.05) is 12.1 Å². The third kappa shape index (κ3) is 2.88. The molecule has 0 unspecified atom stereocenters. The number of carbonyl (C=O) groups excluding carboxylic acids is 1. The lowest BCUT2D eigenvalue weighted by molar-refractivity contribution is 0.0949. The number of aryl methyl sites for hydroxylation is 1. The Balaban J connectivity index is 1.63.